The molecule has 6 heteroatoms. The molecule has 0 aromatic heterocycles. The van der Waals surface area contributed by atoms with Crippen LogP contribution in [0.5, 0.6) is 5.75 Å². The van der Waals surface area contributed by atoms with Gasteiger partial charge in [-0.05, 0) is 49.6 Å². The zero-order valence-corrected chi connectivity index (χ0v) is 15.3. The van der Waals surface area contributed by atoms with Crippen molar-refractivity contribution in [3.8, 4) is 5.75 Å². The van der Waals surface area contributed by atoms with E-state index in [2.05, 4.69) is 10.2 Å². The van der Waals surface area contributed by atoms with Gasteiger partial charge in [0.2, 0.25) is 0 Å². The average molecular weight is 374 g/mol. The van der Waals surface area contributed by atoms with E-state index in [9.17, 15) is 13.6 Å². The first kappa shape index (κ1) is 19.3. The Hall–Kier alpha value is -2.47. The van der Waals surface area contributed by atoms with Crippen LogP contribution in [0.15, 0.2) is 48.5 Å². The molecule has 1 atom stereocenters. The van der Waals surface area contributed by atoms with Gasteiger partial charge in [-0.25, -0.2) is 8.78 Å². The predicted molar refractivity (Wildman–Crippen MR) is 99.3 cm³/mol. The van der Waals surface area contributed by atoms with E-state index in [0.29, 0.717) is 12.3 Å². The summed E-state index contributed by atoms with van der Waals surface area (Å²) in [5.41, 5.74) is 0.751. The first-order chi connectivity index (χ1) is 13.0. The largest absolute Gasteiger partial charge is 0.481 e. The summed E-state index contributed by atoms with van der Waals surface area (Å²) in [5, 5.41) is 3.04. The quantitative estimate of drug-likeness (QED) is 0.841. The molecule has 1 saturated heterocycles. The summed E-state index contributed by atoms with van der Waals surface area (Å²) in [7, 11) is 0. The molecule has 0 unspecified atom stereocenters. The van der Waals surface area contributed by atoms with E-state index in [1.807, 2.05) is 30.3 Å². The predicted octanol–water partition coefficient (Wildman–Crippen LogP) is 3.51. The highest BCUT2D eigenvalue weighted by Crippen LogP contribution is 2.16. The summed E-state index contributed by atoms with van der Waals surface area (Å²) in [6.07, 6.45) is 1.06. The Morgan fingerprint density at radius 3 is 2.52 bits per heavy atom. The molecule has 0 spiro atoms. The molecule has 1 aliphatic rings. The van der Waals surface area contributed by atoms with E-state index in [-0.39, 0.29) is 11.9 Å². The minimum atomic E-state index is -0.827. The van der Waals surface area contributed by atoms with Crippen LogP contribution in [0.25, 0.3) is 0 Å². The Morgan fingerprint density at radius 2 is 1.85 bits per heavy atom. The Morgan fingerprint density at radius 1 is 1.15 bits per heavy atom. The molecule has 3 rings (SSSR count). The molecular formula is C21H24F2N2O2. The second-order valence-corrected chi connectivity index (χ2v) is 6.88. The van der Waals surface area contributed by atoms with Crippen molar-refractivity contribution in [3.63, 3.8) is 0 Å². The van der Waals surface area contributed by atoms with Gasteiger partial charge in [0, 0.05) is 25.7 Å². The number of para-hydroxylation sites is 1. The fourth-order valence-electron chi connectivity index (χ4n) is 3.21. The lowest BCUT2D eigenvalue weighted by atomic mass is 10.0. The first-order valence-electron chi connectivity index (χ1n) is 9.19. The molecular weight excluding hydrogens is 350 g/mol. The zero-order valence-electron chi connectivity index (χ0n) is 15.3. The van der Waals surface area contributed by atoms with Gasteiger partial charge in [0.25, 0.3) is 5.91 Å². The van der Waals surface area contributed by atoms with Crippen molar-refractivity contribution in [3.05, 3.63) is 65.7 Å². The minimum Gasteiger partial charge on any atom is -0.481 e. The second-order valence-electron chi connectivity index (χ2n) is 6.88. The van der Waals surface area contributed by atoms with Gasteiger partial charge in [0.05, 0.1) is 0 Å². The molecule has 1 amide bonds. The van der Waals surface area contributed by atoms with Crippen LogP contribution < -0.4 is 10.1 Å². The highest BCUT2D eigenvalue weighted by molar-refractivity contribution is 5.81. The average Bonchev–Trinajstić information content (AvgIpc) is 2.67. The number of piperidine rings is 1. The summed E-state index contributed by atoms with van der Waals surface area (Å²) in [5.74, 6) is -1.10. The van der Waals surface area contributed by atoms with Gasteiger partial charge < -0.3 is 10.1 Å². The maximum absolute atomic E-state index is 13.3. The fourth-order valence-corrected chi connectivity index (χ4v) is 3.21. The summed E-state index contributed by atoms with van der Waals surface area (Å²) in [4.78, 5) is 14.5. The van der Waals surface area contributed by atoms with Crippen LogP contribution in [0.2, 0.25) is 0 Å². The van der Waals surface area contributed by atoms with Crippen LogP contribution in [0, 0.1) is 11.6 Å². The lowest BCUT2D eigenvalue weighted by Crippen LogP contribution is -2.47. The summed E-state index contributed by atoms with van der Waals surface area (Å²) < 4.78 is 32.0. The molecule has 0 saturated carbocycles. The molecule has 4 nitrogen and oxygen atoms in total. The SMILES string of the molecule is C[C@H](Oc1ccccc1)C(=O)NC1CCN(Cc2ccc(F)c(F)c2)CC1. The monoisotopic (exact) mass is 374 g/mol. The van der Waals surface area contributed by atoms with Crippen LogP contribution in [0.4, 0.5) is 8.78 Å². The number of hydrogen-bond acceptors (Lipinski definition) is 3. The zero-order chi connectivity index (χ0) is 19.2. The number of nitrogens with one attached hydrogen (secondary N) is 1. The number of likely N-dealkylation sites (tertiary alicyclic amines) is 1. The highest BCUT2D eigenvalue weighted by Gasteiger charge is 2.23. The van der Waals surface area contributed by atoms with Crippen LogP contribution in [0.3, 0.4) is 0 Å². The fraction of sp³-hybridized carbons (Fsp3) is 0.381. The Bertz CT molecular complexity index is 762. The molecule has 2 aromatic rings. The Balaban J connectivity index is 1.43. The van der Waals surface area contributed by atoms with Gasteiger partial charge in [-0.2, -0.15) is 0 Å². The number of hydrogen-bond donors (Lipinski definition) is 1. The van der Waals surface area contributed by atoms with Crippen molar-refractivity contribution in [2.75, 3.05) is 13.1 Å². The smallest absolute Gasteiger partial charge is 0.260 e. The highest BCUT2D eigenvalue weighted by atomic mass is 19.2. The third-order valence-electron chi connectivity index (χ3n) is 4.75. The Kier molecular flexibility index (Phi) is 6.40. The topological polar surface area (TPSA) is 41.6 Å². The molecule has 27 heavy (non-hydrogen) atoms. The van der Waals surface area contributed by atoms with Crippen molar-refractivity contribution in [2.24, 2.45) is 0 Å². The Labute approximate surface area is 158 Å². The standard InChI is InChI=1S/C21H24F2N2O2/c1-15(27-18-5-3-2-4-6-18)21(26)24-17-9-11-25(12-10-17)14-16-7-8-19(22)20(23)13-16/h2-8,13,15,17H,9-12,14H2,1H3,(H,24,26)/t15-/m0/s1. The van der Waals surface area contributed by atoms with Crippen molar-refractivity contribution < 1.29 is 18.3 Å². The van der Waals surface area contributed by atoms with Crippen LogP contribution in [-0.2, 0) is 11.3 Å². The number of carbonyl (C=O) groups excluding carboxylic acids is 1. The van der Waals surface area contributed by atoms with E-state index in [1.165, 1.54) is 6.07 Å². The molecule has 1 fully saturated rings. The molecule has 0 bridgehead atoms. The van der Waals surface area contributed by atoms with Gasteiger partial charge in [-0.15, -0.1) is 0 Å². The number of amides is 1. The van der Waals surface area contributed by atoms with Gasteiger partial charge in [-0.1, -0.05) is 24.3 Å². The number of halogens is 2. The number of benzene rings is 2. The van der Waals surface area contributed by atoms with E-state index in [0.717, 1.165) is 37.6 Å². The molecule has 0 aliphatic carbocycles. The second kappa shape index (κ2) is 8.95. The number of ether oxygens (including phenoxy) is 1. The van der Waals surface area contributed by atoms with Gasteiger partial charge in [0.1, 0.15) is 5.75 Å². The normalized spacial score (nSPS) is 16.7. The first-order valence-corrected chi connectivity index (χ1v) is 9.19. The molecule has 144 valence electrons. The minimum absolute atomic E-state index is 0.0977. The molecule has 1 N–H and O–H groups in total. The maximum atomic E-state index is 13.3. The van der Waals surface area contributed by atoms with Crippen LogP contribution >= 0.6 is 0 Å². The van der Waals surface area contributed by atoms with E-state index in [4.69, 9.17) is 4.74 Å². The van der Waals surface area contributed by atoms with Crippen molar-refractivity contribution in [1.29, 1.82) is 0 Å². The lowest BCUT2D eigenvalue weighted by molar-refractivity contribution is -0.128. The van der Waals surface area contributed by atoms with Crippen LogP contribution in [-0.4, -0.2) is 36.0 Å². The molecule has 1 aliphatic heterocycles. The van der Waals surface area contributed by atoms with Gasteiger partial charge in [0.15, 0.2) is 17.7 Å². The van der Waals surface area contributed by atoms with E-state index < -0.39 is 17.7 Å². The van der Waals surface area contributed by atoms with Crippen molar-refractivity contribution in [2.45, 2.75) is 38.5 Å². The third kappa shape index (κ3) is 5.50. The van der Waals surface area contributed by atoms with Gasteiger partial charge >= 0.3 is 0 Å². The number of carbonyl (C=O) groups is 1. The lowest BCUT2D eigenvalue weighted by Gasteiger charge is -2.32. The molecule has 2 aromatic carbocycles. The third-order valence-corrected chi connectivity index (χ3v) is 4.75. The van der Waals surface area contributed by atoms with Crippen LogP contribution in [0.1, 0.15) is 25.3 Å². The van der Waals surface area contributed by atoms with E-state index in [1.54, 1.807) is 13.0 Å². The molecule has 0 radical (unpaired) electrons. The number of rotatable bonds is 6. The molecule has 1 heterocycles. The maximum Gasteiger partial charge on any atom is 0.260 e. The van der Waals surface area contributed by atoms with Crippen molar-refractivity contribution in [1.82, 2.24) is 10.2 Å². The van der Waals surface area contributed by atoms with Gasteiger partial charge in [-0.3, -0.25) is 9.69 Å². The number of nitrogens with zero attached hydrogens (tertiary/aromatic N) is 1. The summed E-state index contributed by atoms with van der Waals surface area (Å²) in [6.45, 7) is 3.89. The summed E-state index contributed by atoms with van der Waals surface area (Å²) >= 11 is 0. The summed E-state index contributed by atoms with van der Waals surface area (Å²) in [6, 6.07) is 13.4. The van der Waals surface area contributed by atoms with Crippen molar-refractivity contribution >= 4 is 5.91 Å². The van der Waals surface area contributed by atoms with E-state index >= 15 is 0 Å².